The van der Waals surface area contributed by atoms with E-state index in [4.69, 9.17) is 21.1 Å². The lowest BCUT2D eigenvalue weighted by atomic mass is 10.2. The predicted octanol–water partition coefficient (Wildman–Crippen LogP) is 3.37. The third kappa shape index (κ3) is 3.94. The minimum atomic E-state index is -4.14. The van der Waals surface area contributed by atoms with Crippen molar-refractivity contribution in [3.63, 3.8) is 0 Å². The summed E-state index contributed by atoms with van der Waals surface area (Å²) in [6, 6.07) is 6.67. The summed E-state index contributed by atoms with van der Waals surface area (Å²) in [4.78, 5) is 10.1. The lowest BCUT2D eigenvalue weighted by Gasteiger charge is -2.13. The fraction of sp³-hybridized carbons (Fsp3) is 0.200. The van der Waals surface area contributed by atoms with Crippen LogP contribution in [0.5, 0.6) is 11.5 Å². The Hall–Kier alpha value is -2.52. The van der Waals surface area contributed by atoms with Gasteiger partial charge in [-0.15, -0.1) is 0 Å². The highest BCUT2D eigenvalue weighted by Crippen LogP contribution is 2.33. The molecule has 2 rings (SSSR count). The Bertz CT molecular complexity index is 930. The minimum absolute atomic E-state index is 0.0211. The molecule has 0 saturated heterocycles. The van der Waals surface area contributed by atoms with Crippen LogP contribution in [-0.4, -0.2) is 27.6 Å². The van der Waals surface area contributed by atoms with Gasteiger partial charge in [-0.1, -0.05) is 11.6 Å². The van der Waals surface area contributed by atoms with Crippen LogP contribution in [0.2, 0.25) is 5.02 Å². The second-order valence-electron chi connectivity index (χ2n) is 4.98. The second kappa shape index (κ2) is 7.16. The minimum Gasteiger partial charge on any atom is -0.497 e. The van der Waals surface area contributed by atoms with E-state index in [0.717, 1.165) is 12.1 Å². The van der Waals surface area contributed by atoms with Crippen LogP contribution < -0.4 is 14.2 Å². The zero-order valence-corrected chi connectivity index (χ0v) is 15.1. The third-order valence-corrected chi connectivity index (χ3v) is 5.19. The van der Waals surface area contributed by atoms with Gasteiger partial charge in [0.15, 0.2) is 0 Å². The summed E-state index contributed by atoms with van der Waals surface area (Å²) in [5, 5.41) is 11.1. The number of benzene rings is 2. The number of methoxy groups -OCH3 is 2. The first kappa shape index (κ1) is 18.8. The molecule has 0 atom stereocenters. The lowest BCUT2D eigenvalue weighted by Crippen LogP contribution is -2.14. The normalized spacial score (nSPS) is 11.0. The van der Waals surface area contributed by atoms with Gasteiger partial charge in [-0.25, -0.2) is 8.42 Å². The summed E-state index contributed by atoms with van der Waals surface area (Å²) < 4.78 is 37.7. The molecule has 8 nitrogen and oxygen atoms in total. The number of nitrogens with one attached hydrogen (secondary N) is 1. The Labute approximate surface area is 149 Å². The van der Waals surface area contributed by atoms with E-state index >= 15 is 0 Å². The molecule has 0 aromatic heterocycles. The molecular formula is C15H15ClN2O6S. The number of hydrogen-bond donors (Lipinski definition) is 1. The monoisotopic (exact) mass is 386 g/mol. The molecule has 1 N–H and O–H groups in total. The van der Waals surface area contributed by atoms with Gasteiger partial charge < -0.3 is 9.47 Å². The highest BCUT2D eigenvalue weighted by atomic mass is 35.5. The van der Waals surface area contributed by atoms with Crippen LogP contribution in [0.4, 0.5) is 11.4 Å². The van der Waals surface area contributed by atoms with Crippen LogP contribution in [0.25, 0.3) is 0 Å². The van der Waals surface area contributed by atoms with Crippen LogP contribution in [0.3, 0.4) is 0 Å². The van der Waals surface area contributed by atoms with Crippen molar-refractivity contribution in [2.24, 2.45) is 0 Å². The number of hydrogen-bond acceptors (Lipinski definition) is 6. The van der Waals surface area contributed by atoms with Gasteiger partial charge in [0.2, 0.25) is 0 Å². The van der Waals surface area contributed by atoms with Crippen molar-refractivity contribution in [3.05, 3.63) is 51.0 Å². The number of ether oxygens (including phenoxy) is 2. The number of anilines is 1. The summed E-state index contributed by atoms with van der Waals surface area (Å²) in [5.41, 5.74) is -0.0729. The molecule has 0 saturated carbocycles. The highest BCUT2D eigenvalue weighted by molar-refractivity contribution is 7.92. The molecule has 0 aliphatic heterocycles. The maximum Gasteiger partial charge on any atom is 0.275 e. The van der Waals surface area contributed by atoms with Gasteiger partial charge in [-0.05, 0) is 25.1 Å². The van der Waals surface area contributed by atoms with Crippen molar-refractivity contribution in [1.82, 2.24) is 0 Å². The molecule has 2 aromatic rings. The smallest absolute Gasteiger partial charge is 0.275 e. The zero-order valence-electron chi connectivity index (χ0n) is 13.6. The molecule has 0 heterocycles. The maximum absolute atomic E-state index is 12.6. The Kier molecular flexibility index (Phi) is 5.39. The van der Waals surface area contributed by atoms with E-state index in [9.17, 15) is 18.5 Å². The Morgan fingerprint density at radius 2 is 1.84 bits per heavy atom. The van der Waals surface area contributed by atoms with E-state index < -0.39 is 14.9 Å². The quantitative estimate of drug-likeness (QED) is 0.602. The molecule has 0 spiro atoms. The van der Waals surface area contributed by atoms with Crippen LogP contribution in [-0.2, 0) is 10.0 Å². The van der Waals surface area contributed by atoms with Gasteiger partial charge in [0.25, 0.3) is 15.7 Å². The van der Waals surface area contributed by atoms with Gasteiger partial charge in [-0.2, -0.15) is 0 Å². The number of sulfonamides is 1. The number of nitro groups is 1. The first-order valence-corrected chi connectivity index (χ1v) is 8.75. The molecule has 134 valence electrons. The SMILES string of the molecule is COc1ccc(OC)c(NS(=O)(=O)c2cc(Cl)c(C)c([N+](=O)[O-])c2)c1. The molecule has 0 unspecified atom stereocenters. The van der Waals surface area contributed by atoms with Crippen molar-refractivity contribution in [1.29, 1.82) is 0 Å². The van der Waals surface area contributed by atoms with E-state index in [0.29, 0.717) is 5.75 Å². The summed E-state index contributed by atoms with van der Waals surface area (Å²) in [5.74, 6) is 0.670. The van der Waals surface area contributed by atoms with Crippen LogP contribution in [0.1, 0.15) is 5.56 Å². The summed E-state index contributed by atoms with van der Waals surface area (Å²) in [7, 11) is -1.32. The van der Waals surface area contributed by atoms with Gasteiger partial charge in [-0.3, -0.25) is 14.8 Å². The van der Waals surface area contributed by atoms with Crippen LogP contribution in [0.15, 0.2) is 35.2 Å². The summed E-state index contributed by atoms with van der Waals surface area (Å²) in [6.07, 6.45) is 0. The van der Waals surface area contributed by atoms with Gasteiger partial charge >= 0.3 is 0 Å². The van der Waals surface area contributed by atoms with Gasteiger partial charge in [0, 0.05) is 17.7 Å². The summed E-state index contributed by atoms with van der Waals surface area (Å²) >= 11 is 5.94. The molecule has 10 heteroatoms. The van der Waals surface area contributed by atoms with Crippen molar-refractivity contribution in [2.75, 3.05) is 18.9 Å². The summed E-state index contributed by atoms with van der Waals surface area (Å²) in [6.45, 7) is 1.44. The number of nitro benzene ring substituents is 1. The topological polar surface area (TPSA) is 108 Å². The Morgan fingerprint density at radius 3 is 2.40 bits per heavy atom. The number of nitrogens with zero attached hydrogens (tertiary/aromatic N) is 1. The fourth-order valence-electron chi connectivity index (χ4n) is 2.08. The largest absolute Gasteiger partial charge is 0.497 e. The fourth-order valence-corrected chi connectivity index (χ4v) is 3.47. The molecule has 2 aromatic carbocycles. The van der Waals surface area contributed by atoms with Crippen LogP contribution in [0, 0.1) is 17.0 Å². The predicted molar refractivity (Wildman–Crippen MR) is 93.2 cm³/mol. The molecule has 0 aliphatic rings. The molecule has 0 radical (unpaired) electrons. The Morgan fingerprint density at radius 1 is 1.16 bits per heavy atom. The zero-order chi connectivity index (χ0) is 18.8. The van der Waals surface area contributed by atoms with Crippen molar-refractivity contribution >= 4 is 33.0 Å². The van der Waals surface area contributed by atoms with Gasteiger partial charge in [0.05, 0.1) is 34.7 Å². The molecule has 0 fully saturated rings. The standard InChI is InChI=1S/C15H15ClN2O6S/c1-9-12(16)7-11(8-14(9)18(19)20)25(21,22)17-13-6-10(23-2)4-5-15(13)24-3/h4-8,17H,1-3H3. The second-order valence-corrected chi connectivity index (χ2v) is 7.07. The molecule has 25 heavy (non-hydrogen) atoms. The first-order chi connectivity index (χ1) is 11.7. The van der Waals surface area contributed by atoms with Gasteiger partial charge in [0.1, 0.15) is 11.5 Å². The van der Waals surface area contributed by atoms with Crippen molar-refractivity contribution in [2.45, 2.75) is 11.8 Å². The van der Waals surface area contributed by atoms with E-state index in [-0.39, 0.29) is 32.6 Å². The average Bonchev–Trinajstić information content (AvgIpc) is 2.56. The van der Waals surface area contributed by atoms with Crippen molar-refractivity contribution in [3.8, 4) is 11.5 Å². The molecule has 0 bridgehead atoms. The molecule has 0 aliphatic carbocycles. The highest BCUT2D eigenvalue weighted by Gasteiger charge is 2.23. The average molecular weight is 387 g/mol. The Balaban J connectivity index is 2.52. The number of halogens is 1. The van der Waals surface area contributed by atoms with E-state index in [1.54, 1.807) is 6.07 Å². The van der Waals surface area contributed by atoms with Crippen molar-refractivity contribution < 1.29 is 22.8 Å². The molecule has 0 amide bonds. The van der Waals surface area contributed by atoms with E-state index in [2.05, 4.69) is 4.72 Å². The van der Waals surface area contributed by atoms with E-state index in [1.165, 1.54) is 33.3 Å². The van der Waals surface area contributed by atoms with Crippen LogP contribution >= 0.6 is 11.6 Å². The first-order valence-electron chi connectivity index (χ1n) is 6.89. The third-order valence-electron chi connectivity index (χ3n) is 3.45. The van der Waals surface area contributed by atoms with E-state index in [1.807, 2.05) is 0 Å². The molecular weight excluding hydrogens is 372 g/mol. The lowest BCUT2D eigenvalue weighted by molar-refractivity contribution is -0.385. The maximum atomic E-state index is 12.6. The number of rotatable bonds is 6.